The Labute approximate surface area is 106 Å². The first kappa shape index (κ1) is 13.2. The van der Waals surface area contributed by atoms with Gasteiger partial charge in [0, 0.05) is 0 Å². The lowest BCUT2D eigenvalue weighted by atomic mass is 9.74. The van der Waals surface area contributed by atoms with Gasteiger partial charge < -0.3 is 9.31 Å². The first-order chi connectivity index (χ1) is 7.92. The summed E-state index contributed by atoms with van der Waals surface area (Å²) in [4.78, 5) is 0. The zero-order valence-corrected chi connectivity index (χ0v) is 11.7. The summed E-state index contributed by atoms with van der Waals surface area (Å²) in [5.41, 5.74) is 0.949. The molecular formula is C14H25BO2. The van der Waals surface area contributed by atoms with Crippen molar-refractivity contribution in [1.29, 1.82) is 0 Å². The summed E-state index contributed by atoms with van der Waals surface area (Å²) in [5.74, 6) is 0. The maximum absolute atomic E-state index is 6.11. The molecule has 0 radical (unpaired) electrons. The molecule has 0 unspecified atom stereocenters. The van der Waals surface area contributed by atoms with Gasteiger partial charge in [0.25, 0.3) is 0 Å². The SMILES string of the molecule is CC1(C)OB(/C2=C\CCCCCC2)OC1(C)C. The van der Waals surface area contributed by atoms with Gasteiger partial charge in [-0.25, -0.2) is 0 Å². The first-order valence-electron chi connectivity index (χ1n) is 6.97. The van der Waals surface area contributed by atoms with Crippen molar-refractivity contribution in [2.45, 2.75) is 77.4 Å². The maximum Gasteiger partial charge on any atom is 0.490 e. The van der Waals surface area contributed by atoms with E-state index in [-0.39, 0.29) is 18.3 Å². The lowest BCUT2D eigenvalue weighted by Gasteiger charge is -2.32. The highest BCUT2D eigenvalue weighted by molar-refractivity contribution is 6.54. The third kappa shape index (κ3) is 2.77. The summed E-state index contributed by atoms with van der Waals surface area (Å²) in [6, 6.07) is 0. The molecule has 17 heavy (non-hydrogen) atoms. The van der Waals surface area contributed by atoms with Gasteiger partial charge in [0.05, 0.1) is 11.2 Å². The molecule has 0 aromatic rings. The number of hydrogen-bond donors (Lipinski definition) is 0. The van der Waals surface area contributed by atoms with Gasteiger partial charge in [0.15, 0.2) is 0 Å². The summed E-state index contributed by atoms with van der Waals surface area (Å²) in [7, 11) is -0.113. The molecule has 96 valence electrons. The highest BCUT2D eigenvalue weighted by atomic mass is 16.7. The van der Waals surface area contributed by atoms with Gasteiger partial charge in [-0.3, -0.25) is 0 Å². The van der Waals surface area contributed by atoms with E-state index in [1.165, 1.54) is 37.6 Å². The Hall–Kier alpha value is -0.275. The Balaban J connectivity index is 2.08. The number of rotatable bonds is 1. The van der Waals surface area contributed by atoms with Crippen molar-refractivity contribution >= 4 is 7.12 Å². The van der Waals surface area contributed by atoms with Crippen LogP contribution in [0.15, 0.2) is 11.5 Å². The second kappa shape index (κ2) is 4.77. The molecule has 0 aromatic heterocycles. The van der Waals surface area contributed by atoms with Gasteiger partial charge >= 0.3 is 7.12 Å². The van der Waals surface area contributed by atoms with Crippen LogP contribution in [0.5, 0.6) is 0 Å². The van der Waals surface area contributed by atoms with Crippen LogP contribution in [0.25, 0.3) is 0 Å². The topological polar surface area (TPSA) is 18.5 Å². The molecule has 2 aliphatic rings. The van der Waals surface area contributed by atoms with Crippen LogP contribution >= 0.6 is 0 Å². The fraction of sp³-hybridized carbons (Fsp3) is 0.857. The Morgan fingerprint density at radius 1 is 0.941 bits per heavy atom. The molecule has 0 aromatic carbocycles. The second-order valence-electron chi connectivity index (χ2n) is 6.32. The van der Waals surface area contributed by atoms with Crippen molar-refractivity contribution in [1.82, 2.24) is 0 Å². The molecular weight excluding hydrogens is 211 g/mol. The lowest BCUT2D eigenvalue weighted by Crippen LogP contribution is -2.41. The first-order valence-corrected chi connectivity index (χ1v) is 6.97. The third-order valence-electron chi connectivity index (χ3n) is 4.38. The van der Waals surface area contributed by atoms with Crippen LogP contribution in [0, 0.1) is 0 Å². The van der Waals surface area contributed by atoms with Gasteiger partial charge in [-0.1, -0.05) is 25.3 Å². The molecule has 1 heterocycles. The smallest absolute Gasteiger partial charge is 0.400 e. The molecule has 0 N–H and O–H groups in total. The molecule has 0 amide bonds. The Bertz CT molecular complexity index is 291. The molecule has 1 aliphatic heterocycles. The van der Waals surface area contributed by atoms with E-state index in [1.807, 2.05) is 0 Å². The van der Waals surface area contributed by atoms with E-state index in [0.717, 1.165) is 6.42 Å². The minimum atomic E-state index is -0.207. The summed E-state index contributed by atoms with van der Waals surface area (Å²) in [6.45, 7) is 8.49. The van der Waals surface area contributed by atoms with E-state index < -0.39 is 0 Å². The van der Waals surface area contributed by atoms with Gasteiger partial charge in [0.2, 0.25) is 0 Å². The predicted molar refractivity (Wildman–Crippen MR) is 71.9 cm³/mol. The molecule has 0 saturated carbocycles. The largest absolute Gasteiger partial charge is 0.490 e. The quantitative estimate of drug-likeness (QED) is 0.643. The summed E-state index contributed by atoms with van der Waals surface area (Å²) in [5, 5.41) is 0. The fourth-order valence-corrected chi connectivity index (χ4v) is 2.43. The summed E-state index contributed by atoms with van der Waals surface area (Å²) >= 11 is 0. The van der Waals surface area contributed by atoms with Crippen LogP contribution in [0.2, 0.25) is 0 Å². The average molecular weight is 236 g/mol. The van der Waals surface area contributed by atoms with Gasteiger partial charge in [-0.15, -0.1) is 0 Å². The van der Waals surface area contributed by atoms with Crippen LogP contribution < -0.4 is 0 Å². The summed E-state index contributed by atoms with van der Waals surface area (Å²) in [6.07, 6.45) is 9.96. The van der Waals surface area contributed by atoms with Crippen molar-refractivity contribution in [3.63, 3.8) is 0 Å². The van der Waals surface area contributed by atoms with E-state index in [1.54, 1.807) is 0 Å². The Morgan fingerprint density at radius 3 is 2.18 bits per heavy atom. The molecule has 0 atom stereocenters. The molecule has 0 spiro atoms. The van der Waals surface area contributed by atoms with Crippen molar-refractivity contribution in [3.8, 4) is 0 Å². The predicted octanol–water partition coefficient (Wildman–Crippen LogP) is 3.90. The highest BCUT2D eigenvalue weighted by Crippen LogP contribution is 2.39. The van der Waals surface area contributed by atoms with E-state index in [9.17, 15) is 0 Å². The van der Waals surface area contributed by atoms with Crippen LogP contribution in [-0.4, -0.2) is 18.3 Å². The minimum absolute atomic E-state index is 0.113. The zero-order valence-electron chi connectivity index (χ0n) is 11.7. The van der Waals surface area contributed by atoms with Crippen LogP contribution in [0.1, 0.15) is 66.2 Å². The van der Waals surface area contributed by atoms with E-state index >= 15 is 0 Å². The average Bonchev–Trinajstić information content (AvgIpc) is 2.34. The van der Waals surface area contributed by atoms with E-state index in [0.29, 0.717) is 0 Å². The molecule has 1 fully saturated rings. The normalized spacial score (nSPS) is 31.5. The minimum Gasteiger partial charge on any atom is -0.400 e. The van der Waals surface area contributed by atoms with Crippen molar-refractivity contribution < 1.29 is 9.31 Å². The van der Waals surface area contributed by atoms with Gasteiger partial charge in [0.1, 0.15) is 0 Å². The monoisotopic (exact) mass is 236 g/mol. The van der Waals surface area contributed by atoms with Crippen LogP contribution in [0.3, 0.4) is 0 Å². The number of allylic oxidation sites excluding steroid dienone is 2. The van der Waals surface area contributed by atoms with Crippen LogP contribution in [-0.2, 0) is 9.31 Å². The third-order valence-corrected chi connectivity index (χ3v) is 4.38. The van der Waals surface area contributed by atoms with Gasteiger partial charge in [-0.2, -0.15) is 0 Å². The number of hydrogen-bond acceptors (Lipinski definition) is 2. The second-order valence-corrected chi connectivity index (χ2v) is 6.32. The molecule has 1 aliphatic carbocycles. The Kier molecular flexibility index (Phi) is 3.70. The van der Waals surface area contributed by atoms with E-state index in [4.69, 9.17) is 9.31 Å². The van der Waals surface area contributed by atoms with E-state index in [2.05, 4.69) is 33.8 Å². The van der Waals surface area contributed by atoms with Gasteiger partial charge in [-0.05, 0) is 52.4 Å². The van der Waals surface area contributed by atoms with Crippen LogP contribution in [0.4, 0.5) is 0 Å². The fourth-order valence-electron chi connectivity index (χ4n) is 2.43. The molecule has 2 rings (SSSR count). The Morgan fingerprint density at radius 2 is 1.53 bits per heavy atom. The van der Waals surface area contributed by atoms with Crippen molar-refractivity contribution in [2.24, 2.45) is 0 Å². The maximum atomic E-state index is 6.11. The molecule has 2 nitrogen and oxygen atoms in total. The molecule has 3 heteroatoms. The standard InChI is InChI=1S/C14H25BO2/c1-13(2)14(3,4)17-15(16-13)12-10-8-6-5-7-9-11-12/h10H,5-9,11H2,1-4H3/b12-10-. The van der Waals surface area contributed by atoms with Crippen molar-refractivity contribution in [2.75, 3.05) is 0 Å². The molecule has 0 bridgehead atoms. The van der Waals surface area contributed by atoms with Crippen molar-refractivity contribution in [3.05, 3.63) is 11.5 Å². The summed E-state index contributed by atoms with van der Waals surface area (Å²) < 4.78 is 12.2. The lowest BCUT2D eigenvalue weighted by molar-refractivity contribution is 0.00578. The highest BCUT2D eigenvalue weighted by Gasteiger charge is 2.52. The molecule has 1 saturated heterocycles. The zero-order chi connectivity index (χ0) is 12.5.